The SMILES string of the molecule is Cn1c[c]cc1Oc1cc(F)ccc1F. The summed E-state index contributed by atoms with van der Waals surface area (Å²) in [7, 11) is 1.73. The Hall–Kier alpha value is -1.84. The molecule has 0 N–H and O–H groups in total. The molecular weight excluding hydrogens is 200 g/mol. The Morgan fingerprint density at radius 3 is 2.80 bits per heavy atom. The Labute approximate surface area is 85.7 Å². The lowest BCUT2D eigenvalue weighted by molar-refractivity contribution is 0.408. The van der Waals surface area contributed by atoms with E-state index in [2.05, 4.69) is 6.07 Å². The highest BCUT2D eigenvalue weighted by atomic mass is 19.1. The number of nitrogens with zero attached hydrogens (tertiary/aromatic N) is 1. The lowest BCUT2D eigenvalue weighted by Gasteiger charge is -2.07. The van der Waals surface area contributed by atoms with Gasteiger partial charge in [0, 0.05) is 31.4 Å². The molecule has 77 valence electrons. The molecule has 0 fully saturated rings. The Kier molecular flexibility index (Phi) is 2.41. The highest BCUT2D eigenvalue weighted by Gasteiger charge is 2.07. The van der Waals surface area contributed by atoms with E-state index >= 15 is 0 Å². The molecule has 0 bridgehead atoms. The van der Waals surface area contributed by atoms with Crippen molar-refractivity contribution >= 4 is 0 Å². The summed E-state index contributed by atoms with van der Waals surface area (Å²) in [6, 6.07) is 7.39. The molecule has 1 radical (unpaired) electrons. The van der Waals surface area contributed by atoms with Gasteiger partial charge in [-0.25, -0.2) is 8.78 Å². The number of hydrogen-bond donors (Lipinski definition) is 0. The van der Waals surface area contributed by atoms with Crippen LogP contribution in [0.3, 0.4) is 0 Å². The summed E-state index contributed by atoms with van der Waals surface area (Å²) < 4.78 is 32.8. The van der Waals surface area contributed by atoms with Gasteiger partial charge >= 0.3 is 0 Å². The first-order valence-corrected chi connectivity index (χ1v) is 4.32. The van der Waals surface area contributed by atoms with E-state index in [4.69, 9.17) is 4.74 Å². The van der Waals surface area contributed by atoms with Crippen LogP contribution in [0.2, 0.25) is 0 Å². The minimum absolute atomic E-state index is 0.134. The Bertz CT molecular complexity index is 479. The molecule has 1 aromatic carbocycles. The third kappa shape index (κ3) is 1.98. The maximum Gasteiger partial charge on any atom is 0.200 e. The van der Waals surface area contributed by atoms with Crippen molar-refractivity contribution < 1.29 is 13.5 Å². The largest absolute Gasteiger partial charge is 0.438 e. The molecule has 4 heteroatoms. The number of benzene rings is 1. The average molecular weight is 208 g/mol. The lowest BCUT2D eigenvalue weighted by atomic mass is 10.3. The number of ether oxygens (including phenoxy) is 1. The quantitative estimate of drug-likeness (QED) is 0.740. The molecular formula is C11H8F2NO. The van der Waals surface area contributed by atoms with Crippen LogP contribution in [0.4, 0.5) is 8.78 Å². The smallest absolute Gasteiger partial charge is 0.200 e. The van der Waals surface area contributed by atoms with Crippen molar-refractivity contribution in [3.63, 3.8) is 0 Å². The van der Waals surface area contributed by atoms with Gasteiger partial charge in [-0.3, -0.25) is 0 Å². The van der Waals surface area contributed by atoms with Crippen LogP contribution in [0.25, 0.3) is 0 Å². The predicted octanol–water partition coefficient (Wildman–Crippen LogP) is 2.90. The maximum atomic E-state index is 13.2. The standard InChI is InChI=1S/C11H8F2NO/c1-14-6-2-3-11(14)15-10-7-8(12)4-5-9(10)13/h3-7H,1H3. The monoisotopic (exact) mass is 208 g/mol. The first-order chi connectivity index (χ1) is 7.16. The van der Waals surface area contributed by atoms with Gasteiger partial charge in [-0.1, -0.05) is 0 Å². The van der Waals surface area contributed by atoms with Crippen LogP contribution in [0, 0.1) is 17.7 Å². The van der Waals surface area contributed by atoms with E-state index in [0.29, 0.717) is 5.88 Å². The molecule has 1 aromatic heterocycles. The van der Waals surface area contributed by atoms with E-state index in [9.17, 15) is 8.78 Å². The Morgan fingerprint density at radius 1 is 1.33 bits per heavy atom. The molecule has 0 unspecified atom stereocenters. The second-order valence-corrected chi connectivity index (χ2v) is 3.07. The lowest BCUT2D eigenvalue weighted by Crippen LogP contribution is -1.94. The first-order valence-electron chi connectivity index (χ1n) is 4.32. The second kappa shape index (κ2) is 3.73. The molecule has 0 aliphatic heterocycles. The van der Waals surface area contributed by atoms with Crippen LogP contribution < -0.4 is 4.74 Å². The summed E-state index contributed by atoms with van der Waals surface area (Å²) in [6.07, 6.45) is 1.63. The molecule has 2 nitrogen and oxygen atoms in total. The predicted molar refractivity (Wildman–Crippen MR) is 50.7 cm³/mol. The zero-order chi connectivity index (χ0) is 10.8. The van der Waals surface area contributed by atoms with Crippen molar-refractivity contribution in [2.75, 3.05) is 0 Å². The third-order valence-corrected chi connectivity index (χ3v) is 1.93. The number of aromatic nitrogens is 1. The van der Waals surface area contributed by atoms with Crippen molar-refractivity contribution in [1.82, 2.24) is 4.57 Å². The molecule has 0 aliphatic carbocycles. The molecule has 0 amide bonds. The van der Waals surface area contributed by atoms with Crippen molar-refractivity contribution in [3.8, 4) is 11.6 Å². The molecule has 2 aromatic rings. The molecule has 0 aliphatic rings. The summed E-state index contributed by atoms with van der Waals surface area (Å²) in [5.41, 5.74) is 0. The van der Waals surface area contributed by atoms with E-state index in [0.717, 1.165) is 18.2 Å². The summed E-state index contributed by atoms with van der Waals surface area (Å²) in [5, 5.41) is 0. The van der Waals surface area contributed by atoms with E-state index in [1.54, 1.807) is 23.9 Å². The summed E-state index contributed by atoms with van der Waals surface area (Å²) in [4.78, 5) is 0. The Balaban J connectivity index is 2.32. The number of hydrogen-bond acceptors (Lipinski definition) is 1. The number of halogens is 2. The fourth-order valence-electron chi connectivity index (χ4n) is 1.16. The molecule has 0 atom stereocenters. The van der Waals surface area contributed by atoms with E-state index in [1.165, 1.54) is 0 Å². The minimum Gasteiger partial charge on any atom is -0.438 e. The van der Waals surface area contributed by atoms with Crippen LogP contribution in [-0.4, -0.2) is 4.57 Å². The fraction of sp³-hybridized carbons (Fsp3) is 0.0909. The van der Waals surface area contributed by atoms with E-state index in [-0.39, 0.29) is 5.75 Å². The minimum atomic E-state index is -0.599. The highest BCUT2D eigenvalue weighted by Crippen LogP contribution is 2.24. The van der Waals surface area contributed by atoms with Crippen LogP contribution in [0.1, 0.15) is 0 Å². The van der Waals surface area contributed by atoms with Gasteiger partial charge in [-0.05, 0) is 12.1 Å². The third-order valence-electron chi connectivity index (χ3n) is 1.93. The summed E-state index contributed by atoms with van der Waals surface area (Å²) in [6.45, 7) is 0. The van der Waals surface area contributed by atoms with Gasteiger partial charge in [0.1, 0.15) is 5.82 Å². The molecule has 0 spiro atoms. The van der Waals surface area contributed by atoms with Crippen molar-refractivity contribution in [1.29, 1.82) is 0 Å². The van der Waals surface area contributed by atoms with Gasteiger partial charge in [0.15, 0.2) is 11.6 Å². The molecule has 15 heavy (non-hydrogen) atoms. The maximum absolute atomic E-state index is 13.2. The zero-order valence-electron chi connectivity index (χ0n) is 8.00. The van der Waals surface area contributed by atoms with Crippen LogP contribution in [0.5, 0.6) is 11.6 Å². The van der Waals surface area contributed by atoms with Crippen molar-refractivity contribution in [3.05, 3.63) is 48.2 Å². The van der Waals surface area contributed by atoms with Crippen LogP contribution in [0.15, 0.2) is 30.5 Å². The highest BCUT2D eigenvalue weighted by molar-refractivity contribution is 5.29. The molecule has 0 saturated carbocycles. The first kappa shape index (κ1) is 9.71. The topological polar surface area (TPSA) is 14.2 Å². The van der Waals surface area contributed by atoms with Crippen molar-refractivity contribution in [2.45, 2.75) is 0 Å². The molecule has 0 saturated heterocycles. The fourth-order valence-corrected chi connectivity index (χ4v) is 1.16. The van der Waals surface area contributed by atoms with Crippen LogP contribution >= 0.6 is 0 Å². The molecule has 1 heterocycles. The zero-order valence-corrected chi connectivity index (χ0v) is 8.00. The van der Waals surface area contributed by atoms with E-state index in [1.807, 2.05) is 0 Å². The van der Waals surface area contributed by atoms with Crippen molar-refractivity contribution in [2.24, 2.45) is 7.05 Å². The summed E-state index contributed by atoms with van der Waals surface area (Å²) >= 11 is 0. The Morgan fingerprint density at radius 2 is 2.13 bits per heavy atom. The van der Waals surface area contributed by atoms with E-state index < -0.39 is 11.6 Å². The summed E-state index contributed by atoms with van der Waals surface area (Å²) in [5.74, 6) is -0.869. The van der Waals surface area contributed by atoms with Gasteiger partial charge < -0.3 is 9.30 Å². The normalized spacial score (nSPS) is 10.3. The second-order valence-electron chi connectivity index (χ2n) is 3.07. The van der Waals surface area contributed by atoms with Gasteiger partial charge in [-0.15, -0.1) is 0 Å². The average Bonchev–Trinajstić information content (AvgIpc) is 2.58. The van der Waals surface area contributed by atoms with Gasteiger partial charge in [0.05, 0.1) is 0 Å². The van der Waals surface area contributed by atoms with Gasteiger partial charge in [0.25, 0.3) is 0 Å². The number of rotatable bonds is 2. The van der Waals surface area contributed by atoms with Gasteiger partial charge in [0.2, 0.25) is 5.88 Å². The van der Waals surface area contributed by atoms with Gasteiger partial charge in [-0.2, -0.15) is 0 Å². The number of aryl methyl sites for hydroxylation is 1. The van der Waals surface area contributed by atoms with Crippen LogP contribution in [-0.2, 0) is 7.05 Å². The molecule has 2 rings (SSSR count).